The minimum Gasteiger partial charge on any atom is -0.395 e. The lowest BCUT2D eigenvalue weighted by Gasteiger charge is -2.70. The normalized spacial score (nSPS) is 23.4. The van der Waals surface area contributed by atoms with Gasteiger partial charge in [-0.3, -0.25) is 9.88 Å². The fraction of sp³-hybridized carbons (Fsp3) is 0.455. The molecule has 2 atom stereocenters. The average Bonchev–Trinajstić information content (AvgIpc) is 2.65. The van der Waals surface area contributed by atoms with E-state index in [1.807, 2.05) is 49.2 Å². The highest BCUT2D eigenvalue weighted by Gasteiger charge is 2.66. The number of hydrogen-bond acceptors (Lipinski definition) is 4. The van der Waals surface area contributed by atoms with E-state index in [4.69, 9.17) is 0 Å². The Bertz CT molecular complexity index is 806. The predicted molar refractivity (Wildman–Crippen MR) is 108 cm³/mol. The first kappa shape index (κ1) is 18.9. The number of aliphatic hydroxyl groups excluding tert-OH is 1. The van der Waals surface area contributed by atoms with Gasteiger partial charge in [0, 0.05) is 50.0 Å². The van der Waals surface area contributed by atoms with Crippen LogP contribution in [0.15, 0.2) is 54.9 Å². The molecule has 1 aromatic carbocycles. The van der Waals surface area contributed by atoms with Gasteiger partial charge in [-0.05, 0) is 31.0 Å². The van der Waals surface area contributed by atoms with Crippen molar-refractivity contribution in [2.45, 2.75) is 43.9 Å². The van der Waals surface area contributed by atoms with Crippen molar-refractivity contribution in [3.8, 4) is 0 Å². The highest BCUT2D eigenvalue weighted by Crippen LogP contribution is 2.54. The van der Waals surface area contributed by atoms with E-state index in [1.54, 1.807) is 6.20 Å². The standard InChI is InChI=1S/C22H28N4O2/c1-16(2)24-21(28)25-14-22(15-25)20(18-8-4-3-5-9-18)19(13-27)26(22)12-17-7-6-10-23-11-17/h3-11,16,19-20,27H,12-15H2,1-2H3,(H,24,28)/t19-,20+/m0/s1. The number of benzene rings is 1. The highest BCUT2D eigenvalue weighted by molar-refractivity contribution is 5.76. The number of aromatic nitrogens is 1. The Labute approximate surface area is 166 Å². The summed E-state index contributed by atoms with van der Waals surface area (Å²) in [4.78, 5) is 20.9. The zero-order valence-corrected chi connectivity index (χ0v) is 16.5. The second kappa shape index (κ2) is 7.53. The Hall–Kier alpha value is -2.44. The molecule has 2 N–H and O–H groups in total. The van der Waals surface area contributed by atoms with Crippen LogP contribution >= 0.6 is 0 Å². The lowest BCUT2D eigenvalue weighted by molar-refractivity contribution is -0.183. The van der Waals surface area contributed by atoms with Crippen LogP contribution in [0.4, 0.5) is 4.79 Å². The number of pyridine rings is 1. The molecule has 3 heterocycles. The molecule has 2 saturated heterocycles. The molecule has 6 heteroatoms. The lowest BCUT2D eigenvalue weighted by Crippen LogP contribution is -2.85. The molecule has 0 unspecified atom stereocenters. The Kier molecular flexibility index (Phi) is 5.08. The van der Waals surface area contributed by atoms with Gasteiger partial charge >= 0.3 is 6.03 Å². The summed E-state index contributed by atoms with van der Waals surface area (Å²) in [6, 6.07) is 14.5. The minimum atomic E-state index is -0.140. The van der Waals surface area contributed by atoms with Gasteiger partial charge < -0.3 is 15.3 Å². The van der Waals surface area contributed by atoms with E-state index in [0.29, 0.717) is 13.1 Å². The van der Waals surface area contributed by atoms with Crippen LogP contribution in [0, 0.1) is 0 Å². The van der Waals surface area contributed by atoms with Crippen molar-refractivity contribution in [2.75, 3.05) is 19.7 Å². The van der Waals surface area contributed by atoms with Gasteiger partial charge in [-0.2, -0.15) is 0 Å². The number of carbonyl (C=O) groups excluding carboxylic acids is 1. The first-order valence-corrected chi connectivity index (χ1v) is 9.92. The van der Waals surface area contributed by atoms with E-state index in [1.165, 1.54) is 5.56 Å². The van der Waals surface area contributed by atoms with Crippen molar-refractivity contribution < 1.29 is 9.90 Å². The first-order chi connectivity index (χ1) is 13.5. The molecule has 0 saturated carbocycles. The monoisotopic (exact) mass is 380 g/mol. The van der Waals surface area contributed by atoms with Gasteiger partial charge in [-0.25, -0.2) is 4.79 Å². The number of nitrogens with one attached hydrogen (secondary N) is 1. The number of hydrogen-bond donors (Lipinski definition) is 2. The summed E-state index contributed by atoms with van der Waals surface area (Å²) in [5.74, 6) is 0.207. The summed E-state index contributed by atoms with van der Waals surface area (Å²) in [5.41, 5.74) is 2.21. The van der Waals surface area contributed by atoms with Gasteiger partial charge in [0.1, 0.15) is 0 Å². The molecule has 0 bridgehead atoms. The van der Waals surface area contributed by atoms with Crippen LogP contribution in [0.25, 0.3) is 0 Å². The summed E-state index contributed by atoms with van der Waals surface area (Å²) >= 11 is 0. The van der Waals surface area contributed by atoms with Crippen LogP contribution in [0.5, 0.6) is 0 Å². The second-order valence-corrected chi connectivity index (χ2v) is 8.19. The molecule has 6 nitrogen and oxygen atoms in total. The highest BCUT2D eigenvalue weighted by atomic mass is 16.3. The van der Waals surface area contributed by atoms with Gasteiger partial charge in [0.05, 0.1) is 12.1 Å². The van der Waals surface area contributed by atoms with Crippen LogP contribution in [0.3, 0.4) is 0 Å². The molecule has 1 spiro atoms. The van der Waals surface area contributed by atoms with Gasteiger partial charge in [0.2, 0.25) is 0 Å². The van der Waals surface area contributed by atoms with Crippen molar-refractivity contribution in [2.24, 2.45) is 0 Å². The fourth-order valence-corrected chi connectivity index (χ4v) is 4.80. The molecule has 0 radical (unpaired) electrons. The first-order valence-electron chi connectivity index (χ1n) is 9.92. The Balaban J connectivity index is 1.59. The van der Waals surface area contributed by atoms with Gasteiger partial charge in [0.15, 0.2) is 0 Å². The molecule has 4 rings (SSSR count). The van der Waals surface area contributed by atoms with E-state index < -0.39 is 0 Å². The summed E-state index contributed by atoms with van der Waals surface area (Å²) in [6.45, 7) is 6.10. The van der Waals surface area contributed by atoms with Gasteiger partial charge in [0.25, 0.3) is 0 Å². The maximum atomic E-state index is 12.5. The molecule has 2 aromatic rings. The molecule has 2 amide bonds. The Morgan fingerprint density at radius 3 is 2.61 bits per heavy atom. The lowest BCUT2D eigenvalue weighted by atomic mass is 9.60. The smallest absolute Gasteiger partial charge is 0.317 e. The third-order valence-electron chi connectivity index (χ3n) is 5.99. The van der Waals surface area contributed by atoms with Crippen molar-refractivity contribution in [1.82, 2.24) is 20.1 Å². The molecular weight excluding hydrogens is 352 g/mol. The summed E-state index contributed by atoms with van der Waals surface area (Å²) in [5, 5.41) is 13.1. The third-order valence-corrected chi connectivity index (χ3v) is 5.99. The predicted octanol–water partition coefficient (Wildman–Crippen LogP) is 2.21. The minimum absolute atomic E-state index is 0.0128. The van der Waals surface area contributed by atoms with Crippen molar-refractivity contribution in [1.29, 1.82) is 0 Å². The van der Waals surface area contributed by atoms with Crippen LogP contribution < -0.4 is 5.32 Å². The number of nitrogens with zero attached hydrogens (tertiary/aromatic N) is 3. The van der Waals surface area contributed by atoms with Crippen molar-refractivity contribution >= 4 is 6.03 Å². The second-order valence-electron chi connectivity index (χ2n) is 8.19. The average molecular weight is 380 g/mol. The molecule has 28 heavy (non-hydrogen) atoms. The Morgan fingerprint density at radius 2 is 2.00 bits per heavy atom. The molecule has 0 aliphatic carbocycles. The SMILES string of the molecule is CC(C)NC(=O)N1CC2(C1)[C@H](c1ccccc1)[C@H](CO)N2Cc1cccnc1. The van der Waals surface area contributed by atoms with E-state index >= 15 is 0 Å². The molecule has 2 fully saturated rings. The van der Waals surface area contributed by atoms with Gasteiger partial charge in [-0.1, -0.05) is 36.4 Å². The molecule has 2 aliphatic rings. The number of rotatable bonds is 5. The largest absolute Gasteiger partial charge is 0.395 e. The Morgan fingerprint density at radius 1 is 1.25 bits per heavy atom. The van der Waals surface area contributed by atoms with E-state index in [-0.39, 0.29) is 36.2 Å². The zero-order chi connectivity index (χ0) is 19.7. The number of urea groups is 1. The maximum absolute atomic E-state index is 12.5. The van der Waals surface area contributed by atoms with Crippen molar-refractivity contribution in [3.63, 3.8) is 0 Å². The maximum Gasteiger partial charge on any atom is 0.317 e. The molecule has 2 aliphatic heterocycles. The summed E-state index contributed by atoms with van der Waals surface area (Å²) < 4.78 is 0. The number of amides is 2. The van der Waals surface area contributed by atoms with Gasteiger partial charge in [-0.15, -0.1) is 0 Å². The summed E-state index contributed by atoms with van der Waals surface area (Å²) in [7, 11) is 0. The number of aliphatic hydroxyl groups is 1. The van der Waals surface area contributed by atoms with E-state index in [0.717, 1.165) is 12.1 Å². The van der Waals surface area contributed by atoms with Crippen molar-refractivity contribution in [3.05, 3.63) is 66.0 Å². The fourth-order valence-electron chi connectivity index (χ4n) is 4.80. The topological polar surface area (TPSA) is 68.7 Å². The number of carbonyl (C=O) groups is 1. The van der Waals surface area contributed by atoms with E-state index in [9.17, 15) is 9.90 Å². The number of likely N-dealkylation sites (tertiary alicyclic amines) is 2. The van der Waals surface area contributed by atoms with Crippen LogP contribution in [-0.4, -0.2) is 63.2 Å². The third kappa shape index (κ3) is 3.16. The van der Waals surface area contributed by atoms with Crippen LogP contribution in [-0.2, 0) is 6.54 Å². The molecule has 148 valence electrons. The zero-order valence-electron chi connectivity index (χ0n) is 16.5. The van der Waals surface area contributed by atoms with Crippen LogP contribution in [0.1, 0.15) is 30.9 Å². The van der Waals surface area contributed by atoms with E-state index in [2.05, 4.69) is 33.4 Å². The van der Waals surface area contributed by atoms with Crippen LogP contribution in [0.2, 0.25) is 0 Å². The summed E-state index contributed by atoms with van der Waals surface area (Å²) in [6.07, 6.45) is 3.65. The molecule has 1 aromatic heterocycles. The molecular formula is C22H28N4O2. The quantitative estimate of drug-likeness (QED) is 0.835.